The normalized spacial score (nSPS) is 21.1. The molecule has 13 heteroatoms. The van der Waals surface area contributed by atoms with Crippen molar-refractivity contribution in [2.75, 3.05) is 43.0 Å². The maximum Gasteiger partial charge on any atom is 0.324 e. The van der Waals surface area contributed by atoms with E-state index in [9.17, 15) is 18.0 Å². The Labute approximate surface area is 231 Å². The number of anilines is 2. The van der Waals surface area contributed by atoms with Gasteiger partial charge in [-0.1, -0.05) is 25.6 Å². The summed E-state index contributed by atoms with van der Waals surface area (Å²) >= 11 is 0. The van der Waals surface area contributed by atoms with Gasteiger partial charge in [0, 0.05) is 76.1 Å². The van der Waals surface area contributed by atoms with Gasteiger partial charge in [-0.3, -0.25) is 4.79 Å². The second-order valence-electron chi connectivity index (χ2n) is 10.5. The second kappa shape index (κ2) is 12.6. The predicted molar refractivity (Wildman–Crippen MR) is 145 cm³/mol. The minimum absolute atomic E-state index is 0.0378. The van der Waals surface area contributed by atoms with Gasteiger partial charge in [0.25, 0.3) is 5.91 Å². The van der Waals surface area contributed by atoms with E-state index in [-0.39, 0.29) is 30.2 Å². The van der Waals surface area contributed by atoms with Crippen molar-refractivity contribution in [2.45, 2.75) is 51.1 Å². The third-order valence-electron chi connectivity index (χ3n) is 7.36. The first kappa shape index (κ1) is 29.2. The third-order valence-corrected chi connectivity index (χ3v) is 7.36. The van der Waals surface area contributed by atoms with Gasteiger partial charge in [-0.15, -0.1) is 0 Å². The minimum atomic E-state index is -1.32. The number of nitrogens with zero attached hydrogens (tertiary/aromatic N) is 7. The van der Waals surface area contributed by atoms with Gasteiger partial charge < -0.3 is 25.0 Å². The molecule has 2 N–H and O–H groups in total. The second-order valence-corrected chi connectivity index (χ2v) is 10.5. The number of hydrogen-bond acceptors (Lipinski definition) is 9. The van der Waals surface area contributed by atoms with Crippen LogP contribution in [0, 0.1) is 5.92 Å². The van der Waals surface area contributed by atoms with Gasteiger partial charge in [0.1, 0.15) is 5.83 Å². The number of piperidine rings is 1. The Morgan fingerprint density at radius 3 is 2.45 bits per heavy atom. The van der Waals surface area contributed by atoms with Crippen molar-refractivity contribution in [3.05, 3.63) is 60.0 Å². The molecule has 2 aromatic heterocycles. The van der Waals surface area contributed by atoms with Crippen LogP contribution in [0.2, 0.25) is 0 Å². The SMILES string of the molecule is C=C/C(F)=C(F)\C=C(\F)C[C@H]1CN(c2ncc(C(=O)N(C)C3CCN(c4nc(C(C)C)no4)CC3)cn2)C[C@@H]1N. The van der Waals surface area contributed by atoms with Crippen molar-refractivity contribution in [1.29, 1.82) is 0 Å². The van der Waals surface area contributed by atoms with Crippen molar-refractivity contribution in [3.63, 3.8) is 0 Å². The summed E-state index contributed by atoms with van der Waals surface area (Å²) in [6.45, 7) is 9.21. The number of rotatable bonds is 9. The van der Waals surface area contributed by atoms with Gasteiger partial charge >= 0.3 is 6.01 Å². The number of aromatic nitrogens is 4. The molecule has 216 valence electrons. The zero-order valence-corrected chi connectivity index (χ0v) is 22.9. The topological polar surface area (TPSA) is 118 Å². The molecule has 40 heavy (non-hydrogen) atoms. The quantitative estimate of drug-likeness (QED) is 0.453. The van der Waals surface area contributed by atoms with Crippen LogP contribution in [0.4, 0.5) is 25.1 Å². The Bertz CT molecular complexity index is 1250. The van der Waals surface area contributed by atoms with E-state index in [2.05, 4.69) is 26.7 Å². The Morgan fingerprint density at radius 2 is 1.85 bits per heavy atom. The maximum atomic E-state index is 14.2. The van der Waals surface area contributed by atoms with Crippen LogP contribution in [0.15, 0.2) is 53.1 Å². The van der Waals surface area contributed by atoms with Gasteiger partial charge in [0.2, 0.25) is 5.95 Å². The van der Waals surface area contributed by atoms with E-state index in [1.807, 2.05) is 18.7 Å². The van der Waals surface area contributed by atoms with Crippen molar-refractivity contribution in [3.8, 4) is 0 Å². The average Bonchev–Trinajstić information content (AvgIpc) is 3.59. The molecule has 2 aliphatic rings. The number of allylic oxidation sites excluding steroid dienone is 5. The summed E-state index contributed by atoms with van der Waals surface area (Å²) in [6, 6.07) is 0.130. The number of carbonyl (C=O) groups is 1. The van der Waals surface area contributed by atoms with E-state index < -0.39 is 23.5 Å². The number of halogens is 3. The molecule has 0 radical (unpaired) electrons. The molecular formula is C27H35F3N8O2. The lowest BCUT2D eigenvalue weighted by Gasteiger charge is -2.35. The lowest BCUT2D eigenvalue weighted by atomic mass is 9.99. The van der Waals surface area contributed by atoms with Gasteiger partial charge in [-0.2, -0.15) is 4.98 Å². The molecule has 1 amide bonds. The van der Waals surface area contributed by atoms with Crippen LogP contribution in [-0.4, -0.2) is 76.2 Å². The zero-order valence-electron chi connectivity index (χ0n) is 22.9. The molecule has 10 nitrogen and oxygen atoms in total. The molecule has 0 saturated carbocycles. The molecule has 4 heterocycles. The molecule has 0 unspecified atom stereocenters. The fourth-order valence-electron chi connectivity index (χ4n) is 4.89. The molecule has 0 bridgehead atoms. The summed E-state index contributed by atoms with van der Waals surface area (Å²) in [5, 5.41) is 4.02. The van der Waals surface area contributed by atoms with Crippen LogP contribution >= 0.6 is 0 Å². The fourth-order valence-corrected chi connectivity index (χ4v) is 4.89. The molecule has 2 fully saturated rings. The number of amides is 1. The van der Waals surface area contributed by atoms with Crippen molar-refractivity contribution in [2.24, 2.45) is 11.7 Å². The van der Waals surface area contributed by atoms with Gasteiger partial charge in [0.15, 0.2) is 17.5 Å². The fraction of sp³-hybridized carbons (Fsp3) is 0.519. The van der Waals surface area contributed by atoms with Crippen LogP contribution in [-0.2, 0) is 0 Å². The van der Waals surface area contributed by atoms with Crippen LogP contribution < -0.4 is 15.5 Å². The van der Waals surface area contributed by atoms with Crippen LogP contribution in [0.5, 0.6) is 0 Å². The highest BCUT2D eigenvalue weighted by molar-refractivity contribution is 5.93. The summed E-state index contributed by atoms with van der Waals surface area (Å²) in [5.41, 5.74) is 6.52. The molecular weight excluding hydrogens is 525 g/mol. The van der Waals surface area contributed by atoms with Crippen molar-refractivity contribution < 1.29 is 22.5 Å². The molecule has 2 aliphatic heterocycles. The molecule has 2 saturated heterocycles. The van der Waals surface area contributed by atoms with E-state index >= 15 is 0 Å². The van der Waals surface area contributed by atoms with E-state index in [1.165, 1.54) is 12.4 Å². The number of hydrogen-bond donors (Lipinski definition) is 1. The lowest BCUT2D eigenvalue weighted by molar-refractivity contribution is 0.0707. The molecule has 2 atom stereocenters. The highest BCUT2D eigenvalue weighted by Crippen LogP contribution is 2.28. The van der Waals surface area contributed by atoms with E-state index in [0.29, 0.717) is 61.7 Å². The Balaban J connectivity index is 1.31. The first-order chi connectivity index (χ1) is 19.1. The van der Waals surface area contributed by atoms with Crippen LogP contribution in [0.25, 0.3) is 0 Å². The Morgan fingerprint density at radius 1 is 1.18 bits per heavy atom. The summed E-state index contributed by atoms with van der Waals surface area (Å²) in [5.74, 6) is -2.67. The standard InChI is InChI=1S/C27H35F3N8O2/c1-5-21(29)22(30)11-19(28)10-17-14-38(15-23(17)31)26-32-12-18(13-33-26)25(39)36(4)20-6-8-37(9-7-20)27-34-24(16(2)3)35-40-27/h5,11-13,16-17,20,23H,1,6-10,14-15,31H2,2-4H3/b19-11+,22-21-/t17-,23-/m0/s1. The highest BCUT2D eigenvalue weighted by Gasteiger charge is 2.33. The number of nitrogens with two attached hydrogens (primary N) is 1. The Hall–Kier alpha value is -3.74. The highest BCUT2D eigenvalue weighted by atomic mass is 19.2. The minimum Gasteiger partial charge on any atom is -0.339 e. The molecule has 2 aromatic rings. The average molecular weight is 561 g/mol. The molecule has 0 spiro atoms. The first-order valence-corrected chi connectivity index (χ1v) is 13.3. The van der Waals surface area contributed by atoms with Crippen molar-refractivity contribution >= 4 is 17.9 Å². The molecule has 0 aromatic carbocycles. The molecule has 4 rings (SSSR count). The maximum absolute atomic E-state index is 14.2. The Kier molecular flexibility index (Phi) is 9.23. The van der Waals surface area contributed by atoms with E-state index in [1.54, 1.807) is 16.8 Å². The first-order valence-electron chi connectivity index (χ1n) is 13.3. The largest absolute Gasteiger partial charge is 0.339 e. The molecule has 0 aliphatic carbocycles. The van der Waals surface area contributed by atoms with Crippen LogP contribution in [0.3, 0.4) is 0 Å². The van der Waals surface area contributed by atoms with E-state index in [0.717, 1.165) is 12.8 Å². The lowest BCUT2D eigenvalue weighted by Crippen LogP contribution is -2.45. The third kappa shape index (κ3) is 6.69. The van der Waals surface area contributed by atoms with Crippen molar-refractivity contribution in [1.82, 2.24) is 25.0 Å². The van der Waals surface area contributed by atoms with E-state index in [4.69, 9.17) is 10.3 Å². The summed E-state index contributed by atoms with van der Waals surface area (Å²) in [4.78, 5) is 31.8. The smallest absolute Gasteiger partial charge is 0.324 e. The zero-order chi connectivity index (χ0) is 29.0. The predicted octanol–water partition coefficient (Wildman–Crippen LogP) is 4.07. The van der Waals surface area contributed by atoms with Gasteiger partial charge in [-0.05, 0) is 24.8 Å². The van der Waals surface area contributed by atoms with Crippen LogP contribution in [0.1, 0.15) is 55.2 Å². The monoisotopic (exact) mass is 560 g/mol. The summed E-state index contributed by atoms with van der Waals surface area (Å²) < 4.78 is 46.4. The van der Waals surface area contributed by atoms with Gasteiger partial charge in [0.05, 0.1) is 5.56 Å². The number of carbonyl (C=O) groups excluding carboxylic acids is 1. The van der Waals surface area contributed by atoms with Gasteiger partial charge in [-0.25, -0.2) is 23.1 Å². The summed E-state index contributed by atoms with van der Waals surface area (Å²) in [7, 11) is 1.77. The summed E-state index contributed by atoms with van der Waals surface area (Å²) in [6.07, 6.45) is 5.48.